The van der Waals surface area contributed by atoms with Crippen LogP contribution >= 0.6 is 23.2 Å². The fourth-order valence-corrected chi connectivity index (χ4v) is 4.42. The number of carbonyl (C=O) groups is 2. The first-order valence-electron chi connectivity index (χ1n) is 10.7. The van der Waals surface area contributed by atoms with Gasteiger partial charge in [0.05, 0.1) is 16.6 Å². The number of rotatable bonds is 8. The maximum atomic E-state index is 13.0. The topological polar surface area (TPSA) is 61.4 Å². The van der Waals surface area contributed by atoms with Crippen LogP contribution in [0.5, 0.6) is 0 Å². The van der Waals surface area contributed by atoms with Gasteiger partial charge in [-0.1, -0.05) is 67.4 Å². The van der Waals surface area contributed by atoms with Crippen molar-refractivity contribution in [1.82, 2.24) is 15.5 Å². The van der Waals surface area contributed by atoms with Crippen LogP contribution in [-0.4, -0.2) is 42.4 Å². The molecule has 1 aliphatic heterocycles. The number of benzene rings is 2. The molecule has 0 bridgehead atoms. The van der Waals surface area contributed by atoms with Crippen LogP contribution in [0.1, 0.15) is 48.7 Å². The molecule has 2 amide bonds. The maximum Gasteiger partial charge on any atom is 0.253 e. The van der Waals surface area contributed by atoms with Crippen molar-refractivity contribution in [2.24, 2.45) is 5.92 Å². The summed E-state index contributed by atoms with van der Waals surface area (Å²) >= 11 is 12.1. The monoisotopic (exact) mass is 461 g/mol. The third-order valence-electron chi connectivity index (χ3n) is 5.65. The molecule has 0 aliphatic carbocycles. The van der Waals surface area contributed by atoms with Crippen molar-refractivity contribution in [2.45, 2.75) is 38.8 Å². The standard InChI is InChI=1S/C24H29Cl2N3O2/c1-16(2)22(28-23(30)19-11-10-18(25)14-20(19)26)24(31)27-15-21(29-12-6-7-13-29)17-8-4-3-5-9-17/h3-5,8-11,14,16,21-22H,6-7,12-13,15H2,1-2H3,(H,27,31)(H,28,30). The highest BCUT2D eigenvalue weighted by Gasteiger charge is 2.28. The SMILES string of the molecule is CC(C)C(NC(=O)c1ccc(Cl)cc1Cl)C(=O)NCC(c1ccccc1)N1CCCC1. The first kappa shape index (κ1) is 23.6. The molecule has 1 saturated heterocycles. The molecule has 31 heavy (non-hydrogen) atoms. The summed E-state index contributed by atoms with van der Waals surface area (Å²) in [5.41, 5.74) is 1.48. The highest BCUT2D eigenvalue weighted by Crippen LogP contribution is 2.25. The Morgan fingerprint density at radius 3 is 2.32 bits per heavy atom. The van der Waals surface area contributed by atoms with Crippen LogP contribution in [0, 0.1) is 5.92 Å². The zero-order valence-corrected chi connectivity index (χ0v) is 19.4. The number of likely N-dealkylation sites (tertiary alicyclic amines) is 1. The van der Waals surface area contributed by atoms with Gasteiger partial charge in [0.1, 0.15) is 6.04 Å². The predicted octanol–water partition coefficient (Wildman–Crippen LogP) is 4.70. The Morgan fingerprint density at radius 1 is 1.03 bits per heavy atom. The van der Waals surface area contributed by atoms with Crippen molar-refractivity contribution in [3.05, 3.63) is 69.7 Å². The van der Waals surface area contributed by atoms with Gasteiger partial charge in [-0.2, -0.15) is 0 Å². The second-order valence-electron chi connectivity index (χ2n) is 8.23. The Labute approximate surface area is 194 Å². The van der Waals surface area contributed by atoms with Crippen LogP contribution in [0.4, 0.5) is 0 Å². The number of amides is 2. The minimum atomic E-state index is -0.672. The Bertz CT molecular complexity index is 899. The average Bonchev–Trinajstić information content (AvgIpc) is 3.27. The van der Waals surface area contributed by atoms with Gasteiger partial charge in [0, 0.05) is 11.6 Å². The van der Waals surface area contributed by atoms with E-state index in [-0.39, 0.29) is 22.9 Å². The fourth-order valence-electron chi connectivity index (χ4n) is 3.92. The molecule has 1 fully saturated rings. The van der Waals surface area contributed by atoms with E-state index >= 15 is 0 Å². The molecule has 2 aromatic carbocycles. The van der Waals surface area contributed by atoms with Gasteiger partial charge in [-0.25, -0.2) is 0 Å². The lowest BCUT2D eigenvalue weighted by Crippen LogP contribution is -2.51. The smallest absolute Gasteiger partial charge is 0.253 e. The molecule has 0 aromatic heterocycles. The van der Waals surface area contributed by atoms with Crippen molar-refractivity contribution in [1.29, 1.82) is 0 Å². The molecule has 1 aliphatic rings. The summed E-state index contributed by atoms with van der Waals surface area (Å²) in [4.78, 5) is 28.2. The summed E-state index contributed by atoms with van der Waals surface area (Å²) in [6.07, 6.45) is 2.34. The number of hydrogen-bond donors (Lipinski definition) is 2. The Kier molecular flexibility index (Phi) is 8.35. The van der Waals surface area contributed by atoms with Crippen LogP contribution < -0.4 is 10.6 Å². The van der Waals surface area contributed by atoms with Gasteiger partial charge in [0.25, 0.3) is 5.91 Å². The summed E-state index contributed by atoms with van der Waals surface area (Å²) in [6, 6.07) is 14.4. The molecule has 0 saturated carbocycles. The molecule has 2 unspecified atom stereocenters. The van der Waals surface area contributed by atoms with Crippen molar-refractivity contribution >= 4 is 35.0 Å². The second kappa shape index (κ2) is 11.0. The third kappa shape index (κ3) is 6.22. The van der Waals surface area contributed by atoms with Gasteiger partial charge in [0.15, 0.2) is 0 Å². The lowest BCUT2D eigenvalue weighted by atomic mass is 10.0. The first-order valence-corrected chi connectivity index (χ1v) is 11.4. The van der Waals surface area contributed by atoms with Crippen LogP contribution in [-0.2, 0) is 4.79 Å². The van der Waals surface area contributed by atoms with Crippen molar-refractivity contribution < 1.29 is 9.59 Å². The maximum absolute atomic E-state index is 13.0. The van der Waals surface area contributed by atoms with E-state index in [0.717, 1.165) is 13.1 Å². The van der Waals surface area contributed by atoms with E-state index in [1.54, 1.807) is 12.1 Å². The molecule has 2 aromatic rings. The van der Waals surface area contributed by atoms with Crippen LogP contribution in [0.3, 0.4) is 0 Å². The summed E-state index contributed by atoms with van der Waals surface area (Å²) < 4.78 is 0. The molecule has 7 heteroatoms. The highest BCUT2D eigenvalue weighted by molar-refractivity contribution is 6.36. The zero-order valence-electron chi connectivity index (χ0n) is 17.9. The Morgan fingerprint density at radius 2 is 1.71 bits per heavy atom. The molecule has 2 N–H and O–H groups in total. The number of carbonyl (C=O) groups excluding carboxylic acids is 2. The molecule has 0 radical (unpaired) electrons. The van der Waals surface area contributed by atoms with Crippen molar-refractivity contribution in [3.8, 4) is 0 Å². The van der Waals surface area contributed by atoms with Gasteiger partial charge in [-0.3, -0.25) is 14.5 Å². The summed E-state index contributed by atoms with van der Waals surface area (Å²) in [5.74, 6) is -0.680. The summed E-state index contributed by atoms with van der Waals surface area (Å²) in [7, 11) is 0. The van der Waals surface area contributed by atoms with Gasteiger partial charge in [-0.15, -0.1) is 0 Å². The quantitative estimate of drug-likeness (QED) is 0.598. The average molecular weight is 462 g/mol. The lowest BCUT2D eigenvalue weighted by Gasteiger charge is -2.29. The van der Waals surface area contributed by atoms with E-state index in [4.69, 9.17) is 23.2 Å². The van der Waals surface area contributed by atoms with E-state index in [1.807, 2.05) is 32.0 Å². The molecule has 2 atom stereocenters. The van der Waals surface area contributed by atoms with Crippen LogP contribution in [0.25, 0.3) is 0 Å². The molecular weight excluding hydrogens is 433 g/mol. The third-order valence-corrected chi connectivity index (χ3v) is 6.19. The minimum absolute atomic E-state index is 0.0861. The van der Waals surface area contributed by atoms with E-state index in [9.17, 15) is 9.59 Å². The lowest BCUT2D eigenvalue weighted by molar-refractivity contribution is -0.124. The van der Waals surface area contributed by atoms with Crippen molar-refractivity contribution in [3.63, 3.8) is 0 Å². The highest BCUT2D eigenvalue weighted by atomic mass is 35.5. The second-order valence-corrected chi connectivity index (χ2v) is 9.08. The first-order chi connectivity index (χ1) is 14.9. The molecule has 1 heterocycles. The summed E-state index contributed by atoms with van der Waals surface area (Å²) in [6.45, 7) is 6.35. The van der Waals surface area contributed by atoms with Gasteiger partial charge in [-0.05, 0) is 55.6 Å². The van der Waals surface area contributed by atoms with E-state index in [0.29, 0.717) is 17.1 Å². The summed E-state index contributed by atoms with van der Waals surface area (Å²) in [5, 5.41) is 6.61. The van der Waals surface area contributed by atoms with E-state index in [2.05, 4.69) is 27.7 Å². The van der Waals surface area contributed by atoms with E-state index in [1.165, 1.54) is 24.5 Å². The Balaban J connectivity index is 1.68. The number of nitrogens with one attached hydrogen (secondary N) is 2. The minimum Gasteiger partial charge on any atom is -0.352 e. The molecule has 0 spiro atoms. The normalized spacial score (nSPS) is 16.2. The van der Waals surface area contributed by atoms with E-state index < -0.39 is 11.9 Å². The van der Waals surface area contributed by atoms with Crippen LogP contribution in [0.15, 0.2) is 48.5 Å². The number of hydrogen-bond acceptors (Lipinski definition) is 3. The molecular formula is C24H29Cl2N3O2. The number of nitrogens with zero attached hydrogens (tertiary/aromatic N) is 1. The van der Waals surface area contributed by atoms with Gasteiger partial charge in [0.2, 0.25) is 5.91 Å². The molecule has 3 rings (SSSR count). The van der Waals surface area contributed by atoms with Gasteiger partial charge < -0.3 is 10.6 Å². The number of halogens is 2. The molecule has 5 nitrogen and oxygen atoms in total. The predicted molar refractivity (Wildman–Crippen MR) is 126 cm³/mol. The Hall–Kier alpha value is -2.08. The van der Waals surface area contributed by atoms with Gasteiger partial charge >= 0.3 is 0 Å². The van der Waals surface area contributed by atoms with Crippen LogP contribution in [0.2, 0.25) is 10.0 Å². The zero-order chi connectivity index (χ0) is 22.4. The van der Waals surface area contributed by atoms with Crippen molar-refractivity contribution in [2.75, 3.05) is 19.6 Å². The largest absolute Gasteiger partial charge is 0.352 e. The molecule has 166 valence electrons. The fraction of sp³-hybridized carbons (Fsp3) is 0.417.